The first-order valence-electron chi connectivity index (χ1n) is 18.2. The van der Waals surface area contributed by atoms with E-state index in [0.29, 0.717) is 32.2 Å². The first-order valence-corrected chi connectivity index (χ1v) is 18.2. The minimum absolute atomic E-state index is 0.0256. The van der Waals surface area contributed by atoms with Crippen LogP contribution in [0.5, 0.6) is 0 Å². The van der Waals surface area contributed by atoms with E-state index in [4.69, 9.17) is 4.74 Å². The predicted molar refractivity (Wildman–Crippen MR) is 195 cm³/mol. The van der Waals surface area contributed by atoms with Crippen LogP contribution in [0, 0.1) is 23.2 Å². The van der Waals surface area contributed by atoms with Crippen molar-refractivity contribution in [2.45, 2.75) is 105 Å². The second-order valence-corrected chi connectivity index (χ2v) is 15.0. The van der Waals surface area contributed by atoms with Crippen molar-refractivity contribution in [2.75, 3.05) is 26.2 Å². The summed E-state index contributed by atoms with van der Waals surface area (Å²) >= 11 is 0. The van der Waals surface area contributed by atoms with Crippen molar-refractivity contribution in [2.24, 2.45) is 23.2 Å². The first kappa shape index (κ1) is 41.0. The van der Waals surface area contributed by atoms with Gasteiger partial charge in [-0.1, -0.05) is 78.3 Å². The molecule has 0 spiro atoms. The predicted octanol–water partition coefficient (Wildman–Crippen LogP) is 3.26. The van der Waals surface area contributed by atoms with Crippen LogP contribution >= 0.6 is 0 Å². The Hall–Kier alpha value is -4.42. The maximum absolute atomic E-state index is 14.7. The standard InChI is InChI=1S/C38H58N6O7/c1-9-14-28(32(45)34(47)40-18-10-2)41-33(46)31-27(23(4)5)17-19-44(31)35(48)30(26-20-24-15-12-13-16-25(24)21-26)43-36(49)42-29(38(6,7)8)22-51-37(50)39-11-3/h10,12-13,15-16,23,26-31H,2,9,11,14,17-22H2,1,3-8H3,(H,39,50)(H,40,47)(H,41,46)(H2,42,43,49)/t27?,28?,29?,30-,31?/m0/s1. The number of nitrogens with one attached hydrogen (secondary N) is 5. The molecule has 2 aliphatic rings. The van der Waals surface area contributed by atoms with Gasteiger partial charge in [-0.05, 0) is 66.9 Å². The van der Waals surface area contributed by atoms with E-state index in [-0.39, 0.29) is 49.8 Å². The van der Waals surface area contributed by atoms with Gasteiger partial charge in [0.25, 0.3) is 5.91 Å². The number of rotatable bonds is 16. The smallest absolute Gasteiger partial charge is 0.407 e. The number of carbonyl (C=O) groups excluding carboxylic acids is 6. The Balaban J connectivity index is 1.91. The van der Waals surface area contributed by atoms with Crippen molar-refractivity contribution in [1.29, 1.82) is 0 Å². The molecule has 1 aliphatic heterocycles. The van der Waals surface area contributed by atoms with E-state index >= 15 is 0 Å². The molecule has 1 fully saturated rings. The van der Waals surface area contributed by atoms with E-state index in [1.165, 1.54) is 6.08 Å². The summed E-state index contributed by atoms with van der Waals surface area (Å²) in [6.07, 6.45) is 3.33. The van der Waals surface area contributed by atoms with E-state index < -0.39 is 59.3 Å². The lowest BCUT2D eigenvalue weighted by Crippen LogP contribution is -2.61. The van der Waals surface area contributed by atoms with Crippen LogP contribution in [0.3, 0.4) is 0 Å². The molecule has 4 unspecified atom stereocenters. The molecule has 5 N–H and O–H groups in total. The number of likely N-dealkylation sites (tertiary alicyclic amines) is 1. The van der Waals surface area contributed by atoms with Crippen LogP contribution in [0.25, 0.3) is 0 Å². The summed E-state index contributed by atoms with van der Waals surface area (Å²) in [5.41, 5.74) is 1.69. The zero-order chi connectivity index (χ0) is 37.9. The van der Waals surface area contributed by atoms with E-state index in [0.717, 1.165) is 11.1 Å². The van der Waals surface area contributed by atoms with Crippen LogP contribution in [0.4, 0.5) is 9.59 Å². The Bertz CT molecular complexity index is 1400. The van der Waals surface area contributed by atoms with Crippen LogP contribution < -0.4 is 26.6 Å². The lowest BCUT2D eigenvalue weighted by atomic mass is 9.87. The average Bonchev–Trinajstić information content (AvgIpc) is 3.72. The quantitative estimate of drug-likeness (QED) is 0.129. The van der Waals surface area contributed by atoms with Crippen molar-refractivity contribution in [3.8, 4) is 0 Å². The number of hydrogen-bond acceptors (Lipinski definition) is 7. The molecule has 3 rings (SSSR count). The molecule has 1 heterocycles. The number of fused-ring (bicyclic) bond motifs is 1. The van der Waals surface area contributed by atoms with E-state index in [9.17, 15) is 28.8 Å². The van der Waals surface area contributed by atoms with Crippen LogP contribution in [0.2, 0.25) is 0 Å². The molecule has 13 nitrogen and oxygen atoms in total. The summed E-state index contributed by atoms with van der Waals surface area (Å²) in [6, 6.07) is 3.79. The Morgan fingerprint density at radius 2 is 1.63 bits per heavy atom. The van der Waals surface area contributed by atoms with Gasteiger partial charge in [-0.3, -0.25) is 19.2 Å². The summed E-state index contributed by atoms with van der Waals surface area (Å²) in [6.45, 7) is 17.6. The number of ketones is 1. The SMILES string of the molecule is C=CCNC(=O)C(=O)C(CCC)NC(=O)C1C(C(C)C)CCN1C(=O)[C@@H](NC(=O)NC(COC(=O)NCC)C(C)(C)C)C1Cc2ccccc2C1. The van der Waals surface area contributed by atoms with Gasteiger partial charge in [0.2, 0.25) is 17.6 Å². The molecule has 51 heavy (non-hydrogen) atoms. The van der Waals surface area contributed by atoms with E-state index in [2.05, 4.69) is 33.2 Å². The number of carbonyl (C=O) groups is 6. The monoisotopic (exact) mass is 710 g/mol. The molecule has 1 aromatic carbocycles. The molecule has 0 saturated carbocycles. The second kappa shape index (κ2) is 18.7. The largest absolute Gasteiger partial charge is 0.447 e. The number of alkyl carbamates (subject to hydrolysis) is 1. The molecule has 5 atom stereocenters. The lowest BCUT2D eigenvalue weighted by molar-refractivity contribution is -0.144. The second-order valence-electron chi connectivity index (χ2n) is 15.0. The fourth-order valence-electron chi connectivity index (χ4n) is 6.91. The topological polar surface area (TPSA) is 175 Å². The number of urea groups is 1. The Kier molecular flexibility index (Phi) is 15.0. The molecule has 1 aliphatic carbocycles. The summed E-state index contributed by atoms with van der Waals surface area (Å²) in [7, 11) is 0. The van der Waals surface area contributed by atoms with Gasteiger partial charge in [-0.25, -0.2) is 9.59 Å². The van der Waals surface area contributed by atoms with Gasteiger partial charge in [0.1, 0.15) is 18.7 Å². The van der Waals surface area contributed by atoms with Crippen LogP contribution in [-0.4, -0.2) is 90.9 Å². The van der Waals surface area contributed by atoms with Gasteiger partial charge in [0.05, 0.1) is 12.1 Å². The van der Waals surface area contributed by atoms with Crippen molar-refractivity contribution < 1.29 is 33.5 Å². The van der Waals surface area contributed by atoms with E-state index in [1.54, 1.807) is 11.8 Å². The van der Waals surface area contributed by atoms with Crippen LogP contribution in [0.1, 0.15) is 78.9 Å². The highest BCUT2D eigenvalue weighted by Crippen LogP contribution is 2.35. The molecule has 0 aromatic heterocycles. The van der Waals surface area contributed by atoms with Gasteiger partial charge in [-0.2, -0.15) is 0 Å². The molecule has 6 amide bonds. The minimum atomic E-state index is -1.06. The van der Waals surface area contributed by atoms with Crippen LogP contribution in [0.15, 0.2) is 36.9 Å². The molecule has 1 aromatic rings. The summed E-state index contributed by atoms with van der Waals surface area (Å²) < 4.78 is 5.36. The fraction of sp³-hybridized carbons (Fsp3) is 0.632. The summed E-state index contributed by atoms with van der Waals surface area (Å²) in [4.78, 5) is 81.8. The lowest BCUT2D eigenvalue weighted by Gasteiger charge is -2.35. The normalized spacial score (nSPS) is 18.9. The first-order chi connectivity index (χ1) is 24.1. The van der Waals surface area contributed by atoms with Gasteiger partial charge in [0.15, 0.2) is 0 Å². The summed E-state index contributed by atoms with van der Waals surface area (Å²) in [5.74, 6) is -2.94. The number of amides is 6. The third kappa shape index (κ3) is 11.0. The zero-order valence-electron chi connectivity index (χ0n) is 31.3. The Labute approximate surface area is 302 Å². The Morgan fingerprint density at radius 1 is 0.980 bits per heavy atom. The fourth-order valence-corrected chi connectivity index (χ4v) is 6.91. The average molecular weight is 711 g/mol. The molecule has 0 bridgehead atoms. The van der Waals surface area contributed by atoms with Gasteiger partial charge < -0.3 is 36.2 Å². The zero-order valence-corrected chi connectivity index (χ0v) is 31.3. The van der Waals surface area contributed by atoms with Crippen molar-refractivity contribution in [3.05, 3.63) is 48.0 Å². The van der Waals surface area contributed by atoms with Gasteiger partial charge in [-0.15, -0.1) is 6.58 Å². The van der Waals surface area contributed by atoms with Crippen molar-refractivity contribution in [1.82, 2.24) is 31.5 Å². The number of Topliss-reactive ketones (excluding diaryl/α,β-unsaturated/α-hetero) is 1. The minimum Gasteiger partial charge on any atom is -0.447 e. The number of benzene rings is 1. The molecule has 1 saturated heterocycles. The van der Waals surface area contributed by atoms with E-state index in [1.807, 2.05) is 65.8 Å². The van der Waals surface area contributed by atoms with Crippen LogP contribution in [-0.2, 0) is 36.8 Å². The number of hydrogen-bond donors (Lipinski definition) is 5. The molecule has 0 radical (unpaired) electrons. The number of ether oxygens (including phenoxy) is 1. The third-order valence-electron chi connectivity index (χ3n) is 9.85. The molecular formula is C38H58N6O7. The third-order valence-corrected chi connectivity index (χ3v) is 9.85. The van der Waals surface area contributed by atoms with Gasteiger partial charge >= 0.3 is 12.1 Å². The highest BCUT2D eigenvalue weighted by molar-refractivity contribution is 6.38. The highest BCUT2D eigenvalue weighted by atomic mass is 16.5. The maximum atomic E-state index is 14.7. The Morgan fingerprint density at radius 3 is 2.18 bits per heavy atom. The summed E-state index contributed by atoms with van der Waals surface area (Å²) in [5, 5.41) is 13.8. The molecule has 13 heteroatoms. The highest BCUT2D eigenvalue weighted by Gasteiger charge is 2.47. The maximum Gasteiger partial charge on any atom is 0.407 e. The van der Waals surface area contributed by atoms with Crippen molar-refractivity contribution in [3.63, 3.8) is 0 Å². The van der Waals surface area contributed by atoms with Gasteiger partial charge in [0, 0.05) is 19.6 Å². The van der Waals surface area contributed by atoms with Crippen molar-refractivity contribution >= 4 is 35.6 Å². The molecular weight excluding hydrogens is 652 g/mol. The number of nitrogens with zero attached hydrogens (tertiary/aromatic N) is 1. The molecule has 282 valence electrons.